The van der Waals surface area contributed by atoms with Gasteiger partial charge in [0.15, 0.2) is 0 Å². The number of hydrogen-bond acceptors (Lipinski definition) is 4. The van der Waals surface area contributed by atoms with Gasteiger partial charge in [0.25, 0.3) is 0 Å². The average Bonchev–Trinajstić information content (AvgIpc) is 3.05. The minimum Gasteiger partial charge on any atom is -0.399 e. The van der Waals surface area contributed by atoms with Crippen LogP contribution >= 0.6 is 0 Å². The van der Waals surface area contributed by atoms with Crippen molar-refractivity contribution < 1.29 is 27.4 Å². The van der Waals surface area contributed by atoms with Gasteiger partial charge in [0, 0.05) is 10.9 Å². The first-order valence-corrected chi connectivity index (χ1v) is 11.6. The van der Waals surface area contributed by atoms with Gasteiger partial charge in [-0.25, -0.2) is 8.78 Å². The summed E-state index contributed by atoms with van der Waals surface area (Å²) in [6, 6.07) is 9.75. The zero-order valence-electron chi connectivity index (χ0n) is 21.2. The predicted octanol–water partition coefficient (Wildman–Crippen LogP) is 4.73. The normalized spacial score (nSPS) is 22.6. The van der Waals surface area contributed by atoms with Gasteiger partial charge in [-0.05, 0) is 78.6 Å². The molecule has 0 aromatic heterocycles. The van der Waals surface area contributed by atoms with Crippen molar-refractivity contribution in [3.63, 3.8) is 0 Å². The highest BCUT2D eigenvalue weighted by molar-refractivity contribution is 6.62. The molecule has 8 heteroatoms. The quantitative estimate of drug-likeness (QED) is 0.481. The van der Waals surface area contributed by atoms with E-state index < -0.39 is 48.3 Å². The molecule has 0 saturated carbocycles. The van der Waals surface area contributed by atoms with Gasteiger partial charge >= 0.3 is 14.2 Å². The Kier molecular flexibility index (Phi) is 6.13. The second-order valence-electron chi connectivity index (χ2n) is 11.1. The van der Waals surface area contributed by atoms with E-state index in [0.29, 0.717) is 22.1 Å². The molecular weight excluding hydrogens is 436 g/mol. The summed E-state index contributed by atoms with van der Waals surface area (Å²) in [7, 11) is -1.53. The van der Waals surface area contributed by atoms with Crippen LogP contribution in [0.5, 0.6) is 0 Å². The van der Waals surface area contributed by atoms with E-state index in [2.05, 4.69) is 0 Å². The third-order valence-electron chi connectivity index (χ3n) is 7.53. The van der Waals surface area contributed by atoms with Crippen molar-refractivity contribution in [3.05, 3.63) is 59.2 Å². The highest BCUT2D eigenvalue weighted by Gasteiger charge is 2.53. The highest BCUT2D eigenvalue weighted by atomic mass is 19.1. The molecular formula is C26H32B2F2O4. The van der Waals surface area contributed by atoms with Crippen LogP contribution in [0.25, 0.3) is 12.2 Å². The fraction of sp³-hybridized carbons (Fsp3) is 0.462. The van der Waals surface area contributed by atoms with E-state index in [1.54, 1.807) is 36.4 Å². The van der Waals surface area contributed by atoms with Crippen LogP contribution in [0.2, 0.25) is 0 Å². The second kappa shape index (κ2) is 8.30. The molecule has 2 aromatic rings. The van der Waals surface area contributed by atoms with Crippen molar-refractivity contribution in [3.8, 4) is 0 Å². The van der Waals surface area contributed by atoms with Crippen LogP contribution < -0.4 is 10.9 Å². The van der Waals surface area contributed by atoms with E-state index in [0.717, 1.165) is 0 Å². The van der Waals surface area contributed by atoms with Gasteiger partial charge < -0.3 is 18.6 Å². The van der Waals surface area contributed by atoms with Gasteiger partial charge in [0.2, 0.25) is 0 Å². The first kappa shape index (κ1) is 25.1. The lowest BCUT2D eigenvalue weighted by atomic mass is 9.78. The van der Waals surface area contributed by atoms with Crippen LogP contribution in [0.3, 0.4) is 0 Å². The molecule has 0 aliphatic carbocycles. The number of rotatable bonds is 4. The van der Waals surface area contributed by atoms with Gasteiger partial charge in [-0.2, -0.15) is 0 Å². The molecule has 0 unspecified atom stereocenters. The molecule has 0 spiro atoms. The Morgan fingerprint density at radius 2 is 0.853 bits per heavy atom. The summed E-state index contributed by atoms with van der Waals surface area (Å²) >= 11 is 0. The molecule has 0 radical (unpaired) electrons. The van der Waals surface area contributed by atoms with E-state index in [1.165, 1.54) is 12.1 Å². The smallest absolute Gasteiger partial charge is 0.399 e. The van der Waals surface area contributed by atoms with Crippen molar-refractivity contribution in [1.82, 2.24) is 0 Å². The zero-order valence-corrected chi connectivity index (χ0v) is 21.2. The summed E-state index contributed by atoms with van der Waals surface area (Å²) in [5.41, 5.74) is -0.167. The van der Waals surface area contributed by atoms with Crippen molar-refractivity contribution in [2.24, 2.45) is 0 Å². The zero-order chi connectivity index (χ0) is 25.1. The molecule has 0 amide bonds. The molecule has 2 aliphatic heterocycles. The topological polar surface area (TPSA) is 36.9 Å². The maximum atomic E-state index is 14.9. The van der Waals surface area contributed by atoms with Gasteiger partial charge in [-0.15, -0.1) is 0 Å². The van der Waals surface area contributed by atoms with Crippen LogP contribution in [0, 0.1) is 11.6 Å². The molecule has 0 atom stereocenters. The molecule has 34 heavy (non-hydrogen) atoms. The standard InChI is InChI=1S/C26H32B2F2O4/c1-23(2)24(3,4)32-27(31-23)19-13-11-17(15-21(19)29)9-10-18-12-14-20(22(30)16-18)28-33-25(5,6)26(7,8)34-28/h9-16H,1-8H3/b10-9+. The fourth-order valence-corrected chi connectivity index (χ4v) is 3.81. The molecule has 0 bridgehead atoms. The average molecular weight is 468 g/mol. The summed E-state index contributed by atoms with van der Waals surface area (Å²) in [5.74, 6) is -0.828. The van der Waals surface area contributed by atoms with E-state index in [-0.39, 0.29) is 0 Å². The summed E-state index contributed by atoms with van der Waals surface area (Å²) in [6.07, 6.45) is 3.47. The van der Waals surface area contributed by atoms with E-state index in [1.807, 2.05) is 55.4 Å². The van der Waals surface area contributed by atoms with Crippen LogP contribution in [0.1, 0.15) is 66.5 Å². The molecule has 2 aliphatic rings. The largest absolute Gasteiger partial charge is 0.497 e. The SMILES string of the molecule is CC1(C)OB(c2ccc(/C=C/c3ccc(B4OC(C)(C)C(C)(C)O4)c(F)c3)cc2F)OC1(C)C. The maximum absolute atomic E-state index is 14.9. The second-order valence-corrected chi connectivity index (χ2v) is 11.1. The molecule has 180 valence electrons. The third kappa shape index (κ3) is 4.49. The van der Waals surface area contributed by atoms with E-state index in [4.69, 9.17) is 18.6 Å². The predicted molar refractivity (Wildman–Crippen MR) is 133 cm³/mol. The van der Waals surface area contributed by atoms with Crippen molar-refractivity contribution in [2.45, 2.75) is 77.8 Å². The summed E-state index contributed by atoms with van der Waals surface area (Å²) in [6.45, 7) is 15.4. The summed E-state index contributed by atoms with van der Waals surface area (Å²) < 4.78 is 53.5. The summed E-state index contributed by atoms with van der Waals surface area (Å²) in [5, 5.41) is 0. The maximum Gasteiger partial charge on any atom is 0.497 e. The molecule has 0 N–H and O–H groups in total. The van der Waals surface area contributed by atoms with Crippen LogP contribution in [0.15, 0.2) is 36.4 Å². The molecule has 2 heterocycles. The number of halogens is 2. The lowest BCUT2D eigenvalue weighted by molar-refractivity contribution is 0.00578. The molecule has 4 rings (SSSR count). The molecule has 4 nitrogen and oxygen atoms in total. The molecule has 2 aromatic carbocycles. The highest BCUT2D eigenvalue weighted by Crippen LogP contribution is 2.37. The minimum absolute atomic E-state index is 0.355. The van der Waals surface area contributed by atoms with Gasteiger partial charge in [0.05, 0.1) is 22.4 Å². The van der Waals surface area contributed by atoms with Crippen molar-refractivity contribution in [2.75, 3.05) is 0 Å². The first-order valence-electron chi connectivity index (χ1n) is 11.6. The van der Waals surface area contributed by atoms with Gasteiger partial charge in [-0.3, -0.25) is 0 Å². The summed E-state index contributed by atoms with van der Waals surface area (Å²) in [4.78, 5) is 0. The minimum atomic E-state index is -0.764. The Labute approximate surface area is 201 Å². The first-order chi connectivity index (χ1) is 15.6. The van der Waals surface area contributed by atoms with Gasteiger partial charge in [0.1, 0.15) is 11.6 Å². The Balaban J connectivity index is 1.48. The van der Waals surface area contributed by atoms with Crippen molar-refractivity contribution >= 4 is 37.3 Å². The Bertz CT molecular complexity index is 1010. The van der Waals surface area contributed by atoms with Crippen molar-refractivity contribution in [1.29, 1.82) is 0 Å². The lowest BCUT2D eigenvalue weighted by Crippen LogP contribution is -2.41. The van der Waals surface area contributed by atoms with Crippen LogP contribution in [-0.4, -0.2) is 36.6 Å². The van der Waals surface area contributed by atoms with E-state index >= 15 is 0 Å². The third-order valence-corrected chi connectivity index (χ3v) is 7.53. The van der Waals surface area contributed by atoms with Crippen LogP contribution in [0.4, 0.5) is 8.78 Å². The Morgan fingerprint density at radius 3 is 1.12 bits per heavy atom. The molecule has 2 fully saturated rings. The van der Waals surface area contributed by atoms with E-state index in [9.17, 15) is 8.78 Å². The van der Waals surface area contributed by atoms with Gasteiger partial charge in [-0.1, -0.05) is 36.4 Å². The fourth-order valence-electron chi connectivity index (χ4n) is 3.81. The molecule has 2 saturated heterocycles. The Morgan fingerprint density at radius 1 is 0.559 bits per heavy atom. The Hall–Kier alpha value is -1.99. The monoisotopic (exact) mass is 468 g/mol. The number of benzene rings is 2. The number of hydrogen-bond donors (Lipinski definition) is 0. The lowest BCUT2D eigenvalue weighted by Gasteiger charge is -2.32. The van der Waals surface area contributed by atoms with Crippen LogP contribution in [-0.2, 0) is 18.6 Å².